The fraction of sp³-hybridized carbons (Fsp3) is 1.00. The molecule has 0 aromatic carbocycles. The van der Waals surface area contributed by atoms with Crippen LogP contribution in [0.25, 0.3) is 0 Å². The van der Waals surface area contributed by atoms with E-state index in [4.69, 9.17) is 0 Å². The second kappa shape index (κ2) is 6.75. The van der Waals surface area contributed by atoms with E-state index in [0.717, 1.165) is 18.0 Å². The van der Waals surface area contributed by atoms with Gasteiger partial charge in [0, 0.05) is 18.6 Å². The van der Waals surface area contributed by atoms with E-state index < -0.39 is 0 Å². The van der Waals surface area contributed by atoms with Crippen molar-refractivity contribution >= 4 is 0 Å². The zero-order valence-electron chi connectivity index (χ0n) is 11.8. The van der Waals surface area contributed by atoms with Crippen molar-refractivity contribution in [1.82, 2.24) is 10.2 Å². The molecule has 17 heavy (non-hydrogen) atoms. The van der Waals surface area contributed by atoms with Crippen LogP contribution >= 0.6 is 0 Å². The van der Waals surface area contributed by atoms with Crippen LogP contribution < -0.4 is 5.32 Å². The maximum absolute atomic E-state index is 3.72. The van der Waals surface area contributed by atoms with Crippen molar-refractivity contribution in [3.8, 4) is 0 Å². The van der Waals surface area contributed by atoms with E-state index in [9.17, 15) is 0 Å². The summed E-state index contributed by atoms with van der Waals surface area (Å²) < 4.78 is 0. The highest BCUT2D eigenvalue weighted by Crippen LogP contribution is 2.24. The van der Waals surface area contributed by atoms with Crippen LogP contribution in [0.4, 0.5) is 0 Å². The molecular formula is C15H30N2. The summed E-state index contributed by atoms with van der Waals surface area (Å²) in [6.45, 7) is 8.59. The first kappa shape index (κ1) is 13.4. The second-order valence-corrected chi connectivity index (χ2v) is 6.01. The summed E-state index contributed by atoms with van der Waals surface area (Å²) >= 11 is 0. The van der Waals surface area contributed by atoms with Crippen LogP contribution in [0.1, 0.15) is 58.8 Å². The van der Waals surface area contributed by atoms with Gasteiger partial charge in [0.05, 0.1) is 0 Å². The molecule has 1 aliphatic carbocycles. The van der Waals surface area contributed by atoms with Gasteiger partial charge in [0.1, 0.15) is 0 Å². The highest BCUT2D eigenvalue weighted by molar-refractivity contribution is 4.85. The standard InChI is InChI=1S/C15H30N2/c1-3-5-15(12-16-14-6-7-14)17-10-8-13(4-2)9-11-17/h13-16H,3-12H2,1-2H3. The van der Waals surface area contributed by atoms with E-state index in [1.807, 2.05) is 0 Å². The molecule has 1 unspecified atom stereocenters. The van der Waals surface area contributed by atoms with Gasteiger partial charge in [-0.05, 0) is 51.1 Å². The molecule has 1 N–H and O–H groups in total. The van der Waals surface area contributed by atoms with Gasteiger partial charge in [-0.3, -0.25) is 4.90 Å². The highest BCUT2D eigenvalue weighted by atomic mass is 15.2. The van der Waals surface area contributed by atoms with Gasteiger partial charge in [0.15, 0.2) is 0 Å². The lowest BCUT2D eigenvalue weighted by atomic mass is 9.93. The summed E-state index contributed by atoms with van der Waals surface area (Å²) in [7, 11) is 0. The maximum Gasteiger partial charge on any atom is 0.0220 e. The third-order valence-corrected chi connectivity index (χ3v) is 4.58. The molecule has 2 heteroatoms. The molecule has 1 saturated heterocycles. The fourth-order valence-electron chi connectivity index (χ4n) is 3.06. The number of rotatable bonds is 7. The van der Waals surface area contributed by atoms with Crippen LogP contribution in [-0.2, 0) is 0 Å². The molecule has 2 fully saturated rings. The van der Waals surface area contributed by atoms with E-state index in [-0.39, 0.29) is 0 Å². The van der Waals surface area contributed by atoms with Gasteiger partial charge < -0.3 is 5.32 Å². The molecule has 2 rings (SSSR count). The quantitative estimate of drug-likeness (QED) is 0.733. The zero-order valence-corrected chi connectivity index (χ0v) is 11.8. The Hall–Kier alpha value is -0.0800. The van der Waals surface area contributed by atoms with Crippen molar-refractivity contribution in [1.29, 1.82) is 0 Å². The molecule has 0 aromatic heterocycles. The summed E-state index contributed by atoms with van der Waals surface area (Å²) in [5.41, 5.74) is 0. The smallest absolute Gasteiger partial charge is 0.0220 e. The third kappa shape index (κ3) is 4.26. The monoisotopic (exact) mass is 238 g/mol. The van der Waals surface area contributed by atoms with Gasteiger partial charge >= 0.3 is 0 Å². The Morgan fingerprint density at radius 1 is 1.12 bits per heavy atom. The molecular weight excluding hydrogens is 208 g/mol. The number of hydrogen-bond acceptors (Lipinski definition) is 2. The van der Waals surface area contributed by atoms with E-state index in [1.165, 1.54) is 64.6 Å². The minimum atomic E-state index is 0.804. The molecule has 0 radical (unpaired) electrons. The molecule has 100 valence electrons. The van der Waals surface area contributed by atoms with Crippen molar-refractivity contribution in [2.45, 2.75) is 70.9 Å². The number of likely N-dealkylation sites (tertiary alicyclic amines) is 1. The summed E-state index contributed by atoms with van der Waals surface area (Å²) in [5, 5.41) is 3.72. The highest BCUT2D eigenvalue weighted by Gasteiger charge is 2.26. The van der Waals surface area contributed by atoms with Crippen molar-refractivity contribution in [2.24, 2.45) is 5.92 Å². The molecule has 0 amide bonds. The van der Waals surface area contributed by atoms with Gasteiger partial charge in [-0.15, -0.1) is 0 Å². The first-order valence-corrected chi connectivity index (χ1v) is 7.80. The summed E-state index contributed by atoms with van der Waals surface area (Å²) in [4.78, 5) is 2.76. The Kier molecular flexibility index (Phi) is 5.30. The summed E-state index contributed by atoms with van der Waals surface area (Å²) in [6, 6.07) is 1.67. The molecule has 2 aliphatic rings. The zero-order chi connectivity index (χ0) is 12.1. The number of hydrogen-bond donors (Lipinski definition) is 1. The topological polar surface area (TPSA) is 15.3 Å². The van der Waals surface area contributed by atoms with E-state index in [2.05, 4.69) is 24.1 Å². The average molecular weight is 238 g/mol. The molecule has 1 aliphatic heterocycles. The predicted octanol–water partition coefficient (Wildman–Crippen LogP) is 3.03. The lowest BCUT2D eigenvalue weighted by molar-refractivity contribution is 0.122. The Balaban J connectivity index is 1.74. The molecule has 0 spiro atoms. The Morgan fingerprint density at radius 3 is 2.35 bits per heavy atom. The van der Waals surface area contributed by atoms with Gasteiger partial charge in [-0.2, -0.15) is 0 Å². The van der Waals surface area contributed by atoms with Crippen LogP contribution in [0.3, 0.4) is 0 Å². The van der Waals surface area contributed by atoms with Crippen LogP contribution in [0.15, 0.2) is 0 Å². The van der Waals surface area contributed by atoms with Crippen molar-refractivity contribution in [3.63, 3.8) is 0 Å². The van der Waals surface area contributed by atoms with Crippen molar-refractivity contribution in [2.75, 3.05) is 19.6 Å². The van der Waals surface area contributed by atoms with E-state index >= 15 is 0 Å². The molecule has 0 bridgehead atoms. The molecule has 0 aromatic rings. The normalized spacial score (nSPS) is 25.1. The first-order valence-electron chi connectivity index (χ1n) is 7.80. The largest absolute Gasteiger partial charge is 0.312 e. The van der Waals surface area contributed by atoms with Crippen molar-refractivity contribution < 1.29 is 0 Å². The van der Waals surface area contributed by atoms with Gasteiger partial charge in [0.2, 0.25) is 0 Å². The molecule has 2 nitrogen and oxygen atoms in total. The molecule has 1 heterocycles. The first-order chi connectivity index (χ1) is 8.33. The predicted molar refractivity (Wildman–Crippen MR) is 74.3 cm³/mol. The maximum atomic E-state index is 3.72. The fourth-order valence-corrected chi connectivity index (χ4v) is 3.06. The van der Waals surface area contributed by atoms with Gasteiger partial charge in [-0.25, -0.2) is 0 Å². The number of piperidine rings is 1. The Labute approximate surface area is 107 Å². The molecule has 1 atom stereocenters. The van der Waals surface area contributed by atoms with Crippen LogP contribution in [-0.4, -0.2) is 36.6 Å². The average Bonchev–Trinajstić information content (AvgIpc) is 3.19. The van der Waals surface area contributed by atoms with Crippen LogP contribution in [0.5, 0.6) is 0 Å². The summed E-state index contributed by atoms with van der Waals surface area (Å²) in [5.74, 6) is 1.00. The Bertz CT molecular complexity index is 205. The lowest BCUT2D eigenvalue weighted by Gasteiger charge is -2.37. The minimum Gasteiger partial charge on any atom is -0.312 e. The number of nitrogens with one attached hydrogen (secondary N) is 1. The van der Waals surface area contributed by atoms with Gasteiger partial charge in [0.25, 0.3) is 0 Å². The minimum absolute atomic E-state index is 0.804. The molecule has 1 saturated carbocycles. The lowest BCUT2D eigenvalue weighted by Crippen LogP contribution is -2.46. The van der Waals surface area contributed by atoms with Crippen LogP contribution in [0, 0.1) is 5.92 Å². The van der Waals surface area contributed by atoms with E-state index in [1.54, 1.807) is 0 Å². The Morgan fingerprint density at radius 2 is 1.82 bits per heavy atom. The SMILES string of the molecule is CCCC(CNC1CC1)N1CCC(CC)CC1. The third-order valence-electron chi connectivity index (χ3n) is 4.58. The van der Waals surface area contributed by atoms with Crippen molar-refractivity contribution in [3.05, 3.63) is 0 Å². The second-order valence-electron chi connectivity index (χ2n) is 6.01. The van der Waals surface area contributed by atoms with Crippen LogP contribution in [0.2, 0.25) is 0 Å². The van der Waals surface area contributed by atoms with E-state index in [0.29, 0.717) is 0 Å². The van der Waals surface area contributed by atoms with Gasteiger partial charge in [-0.1, -0.05) is 26.7 Å². The number of nitrogens with zero attached hydrogens (tertiary/aromatic N) is 1. The summed E-state index contributed by atoms with van der Waals surface area (Å²) in [6.07, 6.45) is 9.77.